The molecule has 1 atom stereocenters. The summed E-state index contributed by atoms with van der Waals surface area (Å²) in [6, 6.07) is 0. The average Bonchev–Trinajstić information content (AvgIpc) is 3.06. The molecule has 14 rings (SSSR count). The lowest BCUT2D eigenvalue weighted by Crippen LogP contribution is -2.51. The van der Waals surface area contributed by atoms with Gasteiger partial charge in [0.25, 0.3) is 0 Å². The second-order valence-corrected chi connectivity index (χ2v) is 18.1. The Balaban J connectivity index is 0.0000000951. The van der Waals surface area contributed by atoms with E-state index >= 15 is 0 Å². The van der Waals surface area contributed by atoms with Crippen LogP contribution in [0.2, 0.25) is 0 Å². The maximum absolute atomic E-state index is 5.75. The van der Waals surface area contributed by atoms with Gasteiger partial charge in [-0.25, -0.2) is 0 Å². The summed E-state index contributed by atoms with van der Waals surface area (Å²) < 4.78 is 22.4. The van der Waals surface area contributed by atoms with Crippen LogP contribution in [0.1, 0.15) is 141 Å². The summed E-state index contributed by atoms with van der Waals surface area (Å²) in [6.45, 7) is 0. The van der Waals surface area contributed by atoms with Crippen LogP contribution in [-0.4, -0.2) is 51.8 Å². The van der Waals surface area contributed by atoms with Crippen molar-refractivity contribution in [2.45, 2.75) is 165 Å². The van der Waals surface area contributed by atoms with Crippen LogP contribution in [0.25, 0.3) is 0 Å². The van der Waals surface area contributed by atoms with Crippen molar-refractivity contribution >= 4 is 0 Å². The van der Waals surface area contributed by atoms with Crippen LogP contribution >= 0.6 is 0 Å². The molecule has 0 aromatic heterocycles. The van der Waals surface area contributed by atoms with Crippen molar-refractivity contribution in [1.29, 1.82) is 0 Å². The molecular weight excluding hydrogens is 544 g/mol. The zero-order valence-electron chi connectivity index (χ0n) is 29.1. The fourth-order valence-corrected chi connectivity index (χ4v) is 13.7. The van der Waals surface area contributed by atoms with Crippen molar-refractivity contribution in [1.82, 2.24) is 0 Å². The van der Waals surface area contributed by atoms with E-state index in [1.807, 2.05) is 28.4 Å². The average molecular weight is 613 g/mol. The number of fused-ring (bicyclic) bond motifs is 6. The van der Waals surface area contributed by atoms with Crippen LogP contribution in [0, 0.1) is 59.2 Å². The smallest absolute Gasteiger partial charge is 0.0686 e. The van der Waals surface area contributed by atoms with Crippen molar-refractivity contribution in [3.63, 3.8) is 0 Å². The molecule has 0 aromatic rings. The minimum Gasteiger partial charge on any atom is -0.381 e. The molecule has 0 N–H and O–H groups in total. The highest BCUT2D eigenvalue weighted by molar-refractivity contribution is 5.03. The summed E-state index contributed by atoms with van der Waals surface area (Å²) in [7, 11) is 7.58. The lowest BCUT2D eigenvalue weighted by molar-refractivity contribution is -0.145. The highest BCUT2D eigenvalue weighted by atomic mass is 16.5. The monoisotopic (exact) mass is 613 g/mol. The third kappa shape index (κ3) is 6.86. The highest BCUT2D eigenvalue weighted by Gasteiger charge is 2.51. The second-order valence-electron chi connectivity index (χ2n) is 18.1. The molecule has 14 saturated carbocycles. The van der Waals surface area contributed by atoms with E-state index in [4.69, 9.17) is 18.9 Å². The fourth-order valence-electron chi connectivity index (χ4n) is 13.7. The van der Waals surface area contributed by atoms with Gasteiger partial charge < -0.3 is 18.9 Å². The fraction of sp³-hybridized carbons (Fsp3) is 1.00. The Morgan fingerprint density at radius 3 is 1.20 bits per heavy atom. The van der Waals surface area contributed by atoms with Gasteiger partial charge >= 0.3 is 0 Å². The van der Waals surface area contributed by atoms with Crippen molar-refractivity contribution in [2.75, 3.05) is 28.4 Å². The molecule has 0 radical (unpaired) electrons. The van der Waals surface area contributed by atoms with E-state index in [-0.39, 0.29) is 0 Å². The van der Waals surface area contributed by atoms with Crippen molar-refractivity contribution in [3.8, 4) is 0 Å². The van der Waals surface area contributed by atoms with Gasteiger partial charge in [-0.05, 0) is 200 Å². The van der Waals surface area contributed by atoms with E-state index in [2.05, 4.69) is 0 Å². The predicted molar refractivity (Wildman–Crippen MR) is 178 cm³/mol. The normalized spacial score (nSPS) is 51.5. The van der Waals surface area contributed by atoms with E-state index < -0.39 is 0 Å². The van der Waals surface area contributed by atoms with Gasteiger partial charge in [0.15, 0.2) is 0 Å². The Hall–Kier alpha value is -0.160. The molecule has 0 saturated heterocycles. The van der Waals surface area contributed by atoms with Crippen LogP contribution in [0.5, 0.6) is 0 Å². The van der Waals surface area contributed by atoms with E-state index in [0.29, 0.717) is 23.4 Å². The lowest BCUT2D eigenvalue weighted by atomic mass is 9.54. The predicted octanol–water partition coefficient (Wildman–Crippen LogP) is 9.63. The summed E-state index contributed by atoms with van der Waals surface area (Å²) in [4.78, 5) is 0. The molecule has 12 bridgehead atoms. The van der Waals surface area contributed by atoms with Crippen LogP contribution in [0.15, 0.2) is 0 Å². The molecule has 0 aliphatic heterocycles. The summed E-state index contributed by atoms with van der Waals surface area (Å²) in [5.41, 5.74) is 0.670. The molecule has 14 aliphatic rings. The molecule has 14 fully saturated rings. The molecule has 4 nitrogen and oxygen atoms in total. The molecule has 14 aliphatic carbocycles. The highest BCUT2D eigenvalue weighted by Crippen LogP contribution is 2.57. The SMILES string of the molecule is COC12CC3CC(CC(C3)C1)C2.COC12CCC(CC1)CC2.COC1C2CC3CC(C2)CC1C3.COC1CC2CCC1CC2. The molecule has 0 aromatic carbocycles. The van der Waals surface area contributed by atoms with Crippen LogP contribution in [0.3, 0.4) is 0 Å². The summed E-state index contributed by atoms with van der Waals surface area (Å²) in [5.74, 6) is 10.1. The third-order valence-corrected chi connectivity index (χ3v) is 15.6. The van der Waals surface area contributed by atoms with Gasteiger partial charge in [-0.2, -0.15) is 0 Å². The van der Waals surface area contributed by atoms with Gasteiger partial charge in [0.1, 0.15) is 0 Å². The minimum atomic E-state index is 0.328. The topological polar surface area (TPSA) is 36.9 Å². The molecule has 4 heteroatoms. The zero-order chi connectivity index (χ0) is 30.3. The molecule has 252 valence electrons. The van der Waals surface area contributed by atoms with Gasteiger partial charge in [-0.1, -0.05) is 0 Å². The number of ether oxygens (including phenoxy) is 4. The van der Waals surface area contributed by atoms with E-state index in [1.54, 1.807) is 6.42 Å². The minimum absolute atomic E-state index is 0.328. The number of methoxy groups -OCH3 is 4. The standard InChI is InChI=1S/2C11H18O.2C9H16O/c1-12-11-5-8-2-9(6-11)4-10(3-8)7-11;1-12-11-9-3-7-2-8(5-9)6-10(11)4-7;1-10-9-5-2-8(3-6-9)4-7-9;1-10-9-6-7-2-4-8(9)5-3-7/h8-10H,2-7H2,1H3;7-11H,2-6H2,1H3;8H,2-7H2,1H3;7-9H,2-6H2,1H3. The van der Waals surface area contributed by atoms with E-state index in [0.717, 1.165) is 59.2 Å². The maximum Gasteiger partial charge on any atom is 0.0686 e. The molecule has 0 heterocycles. The summed E-state index contributed by atoms with van der Waals surface area (Å²) >= 11 is 0. The Kier molecular flexibility index (Phi) is 10.1. The van der Waals surface area contributed by atoms with Gasteiger partial charge in [-0.3, -0.25) is 0 Å². The third-order valence-electron chi connectivity index (χ3n) is 15.6. The maximum atomic E-state index is 5.75. The lowest BCUT2D eigenvalue weighted by Gasteiger charge is -2.55. The zero-order valence-corrected chi connectivity index (χ0v) is 29.1. The number of hydrogen-bond acceptors (Lipinski definition) is 4. The van der Waals surface area contributed by atoms with Crippen LogP contribution in [0.4, 0.5) is 0 Å². The second kappa shape index (κ2) is 13.8. The number of hydrogen-bond donors (Lipinski definition) is 0. The van der Waals surface area contributed by atoms with Crippen molar-refractivity contribution in [2.24, 2.45) is 59.2 Å². The van der Waals surface area contributed by atoms with Crippen LogP contribution < -0.4 is 0 Å². The van der Waals surface area contributed by atoms with E-state index in [1.165, 1.54) is 135 Å². The first-order valence-electron chi connectivity index (χ1n) is 19.6. The van der Waals surface area contributed by atoms with Crippen molar-refractivity contribution < 1.29 is 18.9 Å². The van der Waals surface area contributed by atoms with E-state index in [9.17, 15) is 0 Å². The molecule has 0 amide bonds. The largest absolute Gasteiger partial charge is 0.381 e. The number of rotatable bonds is 4. The first-order chi connectivity index (χ1) is 21.4. The van der Waals surface area contributed by atoms with Gasteiger partial charge in [0.05, 0.1) is 23.4 Å². The molecule has 44 heavy (non-hydrogen) atoms. The summed E-state index contributed by atoms with van der Waals surface area (Å²) in [6.07, 6.45) is 32.8. The Morgan fingerprint density at radius 1 is 0.386 bits per heavy atom. The van der Waals surface area contributed by atoms with Gasteiger partial charge in [-0.15, -0.1) is 0 Å². The Bertz CT molecular complexity index is 837. The molecular formula is C40H68O4. The summed E-state index contributed by atoms with van der Waals surface area (Å²) in [5, 5.41) is 0. The van der Waals surface area contributed by atoms with Crippen molar-refractivity contribution in [3.05, 3.63) is 0 Å². The Morgan fingerprint density at radius 2 is 0.864 bits per heavy atom. The van der Waals surface area contributed by atoms with Gasteiger partial charge in [0.2, 0.25) is 0 Å². The molecule has 1 unspecified atom stereocenters. The van der Waals surface area contributed by atoms with Crippen LogP contribution in [-0.2, 0) is 18.9 Å². The van der Waals surface area contributed by atoms with Gasteiger partial charge in [0, 0.05) is 28.4 Å². The Labute approximate surface area is 270 Å². The first-order valence-corrected chi connectivity index (χ1v) is 19.6. The first kappa shape index (κ1) is 32.4. The quantitative estimate of drug-likeness (QED) is 0.317. The molecule has 0 spiro atoms.